The summed E-state index contributed by atoms with van der Waals surface area (Å²) in [5.74, 6) is 0.892. The van der Waals surface area contributed by atoms with Gasteiger partial charge in [-0.3, -0.25) is 4.90 Å². The number of nitrogens with zero attached hydrogens (tertiary/aromatic N) is 1. The van der Waals surface area contributed by atoms with Crippen molar-refractivity contribution in [3.8, 4) is 5.75 Å². The SMILES string of the molecule is NCCN(CCc1ccc2c(c1)CCO2)CC(F)(F)F. The number of hydrogen-bond acceptors (Lipinski definition) is 3. The van der Waals surface area contributed by atoms with Crippen LogP contribution in [0.4, 0.5) is 13.2 Å². The fourth-order valence-electron chi connectivity index (χ4n) is 2.39. The number of ether oxygens (including phenoxy) is 1. The van der Waals surface area contributed by atoms with E-state index in [1.54, 1.807) is 0 Å². The molecule has 0 aliphatic carbocycles. The maximum Gasteiger partial charge on any atom is 0.401 e. The first-order valence-electron chi connectivity index (χ1n) is 6.72. The Morgan fingerprint density at radius 3 is 2.75 bits per heavy atom. The van der Waals surface area contributed by atoms with E-state index in [0.29, 0.717) is 19.6 Å². The molecule has 0 unspecified atom stereocenters. The molecule has 0 amide bonds. The standard InChI is InChI=1S/C14H19F3N2O/c15-14(16,17)10-19(7-5-18)6-3-11-1-2-13-12(9-11)4-8-20-13/h1-2,9H,3-8,10,18H2. The molecule has 0 saturated carbocycles. The molecule has 1 aromatic carbocycles. The first kappa shape index (κ1) is 15.1. The molecule has 1 aliphatic rings. The zero-order valence-electron chi connectivity index (χ0n) is 11.2. The van der Waals surface area contributed by atoms with Crippen LogP contribution in [0.5, 0.6) is 5.75 Å². The van der Waals surface area contributed by atoms with E-state index >= 15 is 0 Å². The summed E-state index contributed by atoms with van der Waals surface area (Å²) in [4.78, 5) is 1.35. The summed E-state index contributed by atoms with van der Waals surface area (Å²) in [6.07, 6.45) is -2.72. The molecule has 2 rings (SSSR count). The smallest absolute Gasteiger partial charge is 0.401 e. The summed E-state index contributed by atoms with van der Waals surface area (Å²) in [6.45, 7) is 0.627. The fourth-order valence-corrected chi connectivity index (χ4v) is 2.39. The maximum atomic E-state index is 12.4. The number of alkyl halides is 3. The second kappa shape index (κ2) is 6.45. The molecule has 0 atom stereocenters. The molecule has 0 spiro atoms. The van der Waals surface area contributed by atoms with Gasteiger partial charge in [0.15, 0.2) is 0 Å². The van der Waals surface area contributed by atoms with Gasteiger partial charge in [0, 0.05) is 26.1 Å². The third-order valence-electron chi connectivity index (χ3n) is 3.32. The van der Waals surface area contributed by atoms with Crippen LogP contribution < -0.4 is 10.5 Å². The monoisotopic (exact) mass is 288 g/mol. The summed E-state index contributed by atoms with van der Waals surface area (Å²) in [6, 6.07) is 5.84. The van der Waals surface area contributed by atoms with E-state index in [0.717, 1.165) is 23.3 Å². The van der Waals surface area contributed by atoms with Gasteiger partial charge in [-0.05, 0) is 23.6 Å². The van der Waals surface area contributed by atoms with Crippen molar-refractivity contribution in [3.05, 3.63) is 29.3 Å². The average Bonchev–Trinajstić information content (AvgIpc) is 2.81. The molecular formula is C14H19F3N2O. The van der Waals surface area contributed by atoms with Gasteiger partial charge in [-0.2, -0.15) is 13.2 Å². The van der Waals surface area contributed by atoms with Crippen LogP contribution in [0.3, 0.4) is 0 Å². The van der Waals surface area contributed by atoms with Crippen LogP contribution in [-0.2, 0) is 12.8 Å². The summed E-state index contributed by atoms with van der Waals surface area (Å²) in [5.41, 5.74) is 7.55. The summed E-state index contributed by atoms with van der Waals surface area (Å²) in [7, 11) is 0. The number of nitrogens with two attached hydrogens (primary N) is 1. The van der Waals surface area contributed by atoms with Crippen LogP contribution >= 0.6 is 0 Å². The van der Waals surface area contributed by atoms with Crippen LogP contribution in [0.1, 0.15) is 11.1 Å². The highest BCUT2D eigenvalue weighted by molar-refractivity contribution is 5.39. The Morgan fingerprint density at radius 1 is 1.25 bits per heavy atom. The van der Waals surface area contributed by atoms with Crippen molar-refractivity contribution in [2.75, 3.05) is 32.8 Å². The van der Waals surface area contributed by atoms with Gasteiger partial charge in [0.25, 0.3) is 0 Å². The van der Waals surface area contributed by atoms with Crippen molar-refractivity contribution in [1.29, 1.82) is 0 Å². The molecule has 0 fully saturated rings. The van der Waals surface area contributed by atoms with Gasteiger partial charge in [0.05, 0.1) is 13.2 Å². The zero-order valence-corrected chi connectivity index (χ0v) is 11.2. The minimum Gasteiger partial charge on any atom is -0.493 e. The van der Waals surface area contributed by atoms with Crippen LogP contribution in [0.15, 0.2) is 18.2 Å². The number of benzene rings is 1. The summed E-state index contributed by atoms with van der Waals surface area (Å²) >= 11 is 0. The first-order valence-corrected chi connectivity index (χ1v) is 6.72. The van der Waals surface area contributed by atoms with Crippen LogP contribution in [-0.4, -0.2) is 43.9 Å². The molecule has 0 bridgehead atoms. The molecule has 3 nitrogen and oxygen atoms in total. The maximum absolute atomic E-state index is 12.4. The third-order valence-corrected chi connectivity index (χ3v) is 3.32. The normalized spacial score (nSPS) is 14.4. The average molecular weight is 288 g/mol. The van der Waals surface area contributed by atoms with Crippen molar-refractivity contribution in [1.82, 2.24) is 4.90 Å². The van der Waals surface area contributed by atoms with Crippen molar-refractivity contribution in [3.63, 3.8) is 0 Å². The molecule has 1 heterocycles. The van der Waals surface area contributed by atoms with Crippen LogP contribution in [0.25, 0.3) is 0 Å². The lowest BCUT2D eigenvalue weighted by Gasteiger charge is -2.23. The van der Waals surface area contributed by atoms with E-state index in [-0.39, 0.29) is 13.1 Å². The Hall–Kier alpha value is -1.27. The molecule has 6 heteroatoms. The predicted molar refractivity (Wildman–Crippen MR) is 70.9 cm³/mol. The minimum atomic E-state index is -4.18. The van der Waals surface area contributed by atoms with Gasteiger partial charge in [0.2, 0.25) is 0 Å². The van der Waals surface area contributed by atoms with Crippen LogP contribution in [0, 0.1) is 0 Å². The highest BCUT2D eigenvalue weighted by Gasteiger charge is 2.30. The van der Waals surface area contributed by atoms with Crippen molar-refractivity contribution in [2.45, 2.75) is 19.0 Å². The molecule has 1 aromatic rings. The molecule has 0 radical (unpaired) electrons. The topological polar surface area (TPSA) is 38.5 Å². The lowest BCUT2D eigenvalue weighted by atomic mass is 10.1. The highest BCUT2D eigenvalue weighted by atomic mass is 19.4. The quantitative estimate of drug-likeness (QED) is 0.870. The number of halogens is 3. The molecule has 0 aromatic heterocycles. The molecule has 1 aliphatic heterocycles. The van der Waals surface area contributed by atoms with E-state index in [2.05, 4.69) is 0 Å². The lowest BCUT2D eigenvalue weighted by Crippen LogP contribution is -2.38. The van der Waals surface area contributed by atoms with Gasteiger partial charge in [0.1, 0.15) is 5.75 Å². The second-order valence-electron chi connectivity index (χ2n) is 4.97. The first-order chi connectivity index (χ1) is 9.48. The molecule has 0 saturated heterocycles. The Balaban J connectivity index is 1.91. The number of rotatable bonds is 6. The van der Waals surface area contributed by atoms with E-state index < -0.39 is 12.7 Å². The lowest BCUT2D eigenvalue weighted by molar-refractivity contribution is -0.145. The third kappa shape index (κ3) is 4.38. The van der Waals surface area contributed by atoms with E-state index in [4.69, 9.17) is 10.5 Å². The van der Waals surface area contributed by atoms with Gasteiger partial charge >= 0.3 is 6.18 Å². The Morgan fingerprint density at radius 2 is 2.05 bits per heavy atom. The van der Waals surface area contributed by atoms with E-state index in [9.17, 15) is 13.2 Å². The van der Waals surface area contributed by atoms with Crippen molar-refractivity contribution < 1.29 is 17.9 Å². The van der Waals surface area contributed by atoms with E-state index in [1.165, 1.54) is 4.90 Å². The van der Waals surface area contributed by atoms with Gasteiger partial charge in [-0.1, -0.05) is 12.1 Å². The summed E-state index contributed by atoms with van der Waals surface area (Å²) in [5, 5.41) is 0. The predicted octanol–water partition coefficient (Wildman–Crippen LogP) is 1.99. The molecule has 20 heavy (non-hydrogen) atoms. The fraction of sp³-hybridized carbons (Fsp3) is 0.571. The zero-order chi connectivity index (χ0) is 14.6. The Labute approximate surface area is 116 Å². The van der Waals surface area contributed by atoms with Gasteiger partial charge < -0.3 is 10.5 Å². The highest BCUT2D eigenvalue weighted by Crippen LogP contribution is 2.26. The largest absolute Gasteiger partial charge is 0.493 e. The van der Waals surface area contributed by atoms with Gasteiger partial charge in [-0.25, -0.2) is 0 Å². The minimum absolute atomic E-state index is 0.230. The molecule has 112 valence electrons. The summed E-state index contributed by atoms with van der Waals surface area (Å²) < 4.78 is 42.7. The van der Waals surface area contributed by atoms with Crippen molar-refractivity contribution >= 4 is 0 Å². The Kier molecular flexibility index (Phi) is 4.88. The van der Waals surface area contributed by atoms with Gasteiger partial charge in [-0.15, -0.1) is 0 Å². The number of fused-ring (bicyclic) bond motifs is 1. The van der Waals surface area contributed by atoms with E-state index in [1.807, 2.05) is 18.2 Å². The molecule has 2 N–H and O–H groups in total. The van der Waals surface area contributed by atoms with Crippen molar-refractivity contribution in [2.24, 2.45) is 5.73 Å². The Bertz CT molecular complexity index is 449. The van der Waals surface area contributed by atoms with Crippen LogP contribution in [0.2, 0.25) is 0 Å². The number of hydrogen-bond donors (Lipinski definition) is 1. The second-order valence-corrected chi connectivity index (χ2v) is 4.97. The molecular weight excluding hydrogens is 269 g/mol.